The SMILES string of the molecule is CC1CNC(C)(C)C(=O)N1c1ccccc1C#N. The van der Waals surface area contributed by atoms with Crippen LogP contribution in [0.4, 0.5) is 5.69 Å². The molecule has 1 aliphatic heterocycles. The van der Waals surface area contributed by atoms with Gasteiger partial charge in [0.15, 0.2) is 0 Å². The number of nitrogens with one attached hydrogen (secondary N) is 1. The van der Waals surface area contributed by atoms with E-state index in [1.54, 1.807) is 11.0 Å². The number of nitrogens with zero attached hydrogens (tertiary/aromatic N) is 2. The van der Waals surface area contributed by atoms with Crippen LogP contribution in [-0.2, 0) is 4.79 Å². The lowest BCUT2D eigenvalue weighted by Crippen LogP contribution is -2.65. The van der Waals surface area contributed by atoms with Crippen LogP contribution in [0.5, 0.6) is 0 Å². The third-order valence-corrected chi connectivity index (χ3v) is 3.32. The van der Waals surface area contributed by atoms with Crippen LogP contribution in [-0.4, -0.2) is 24.0 Å². The zero-order valence-corrected chi connectivity index (χ0v) is 10.9. The van der Waals surface area contributed by atoms with Crippen molar-refractivity contribution in [2.24, 2.45) is 0 Å². The van der Waals surface area contributed by atoms with Crippen LogP contribution in [0.15, 0.2) is 24.3 Å². The Labute approximate surface area is 107 Å². The van der Waals surface area contributed by atoms with Gasteiger partial charge in [0.05, 0.1) is 16.8 Å². The second kappa shape index (κ2) is 4.43. The van der Waals surface area contributed by atoms with Gasteiger partial charge < -0.3 is 10.2 Å². The molecule has 1 atom stereocenters. The highest BCUT2D eigenvalue weighted by Gasteiger charge is 2.40. The van der Waals surface area contributed by atoms with Crippen molar-refractivity contribution in [1.82, 2.24) is 5.32 Å². The number of benzene rings is 1. The van der Waals surface area contributed by atoms with Crippen LogP contribution in [0.25, 0.3) is 0 Å². The quantitative estimate of drug-likeness (QED) is 0.816. The molecule has 1 amide bonds. The molecule has 4 nitrogen and oxygen atoms in total. The molecule has 4 heteroatoms. The zero-order chi connectivity index (χ0) is 13.3. The van der Waals surface area contributed by atoms with Crippen molar-refractivity contribution in [1.29, 1.82) is 5.26 Å². The smallest absolute Gasteiger partial charge is 0.247 e. The van der Waals surface area contributed by atoms with Gasteiger partial charge in [0, 0.05) is 12.6 Å². The van der Waals surface area contributed by atoms with Gasteiger partial charge in [0.25, 0.3) is 0 Å². The zero-order valence-electron chi connectivity index (χ0n) is 10.9. The molecule has 0 aliphatic carbocycles. The highest BCUT2D eigenvalue weighted by atomic mass is 16.2. The summed E-state index contributed by atoms with van der Waals surface area (Å²) < 4.78 is 0. The van der Waals surface area contributed by atoms with E-state index in [9.17, 15) is 4.79 Å². The van der Waals surface area contributed by atoms with Crippen molar-refractivity contribution in [2.45, 2.75) is 32.4 Å². The van der Waals surface area contributed by atoms with E-state index in [0.717, 1.165) is 6.54 Å². The fourth-order valence-electron chi connectivity index (χ4n) is 2.20. The summed E-state index contributed by atoms with van der Waals surface area (Å²) in [7, 11) is 0. The van der Waals surface area contributed by atoms with E-state index in [1.807, 2.05) is 39.0 Å². The van der Waals surface area contributed by atoms with Gasteiger partial charge >= 0.3 is 0 Å². The predicted molar refractivity (Wildman–Crippen MR) is 70.2 cm³/mol. The predicted octanol–water partition coefficient (Wildman–Crippen LogP) is 1.66. The number of rotatable bonds is 1. The number of hydrogen-bond donors (Lipinski definition) is 1. The summed E-state index contributed by atoms with van der Waals surface area (Å²) in [4.78, 5) is 14.2. The summed E-state index contributed by atoms with van der Waals surface area (Å²) in [6.07, 6.45) is 0. The molecule has 1 saturated heterocycles. The maximum Gasteiger partial charge on any atom is 0.247 e. The number of carbonyl (C=O) groups excluding carboxylic acids is 1. The number of nitriles is 1. The minimum atomic E-state index is -0.588. The molecule has 1 aliphatic rings. The van der Waals surface area contributed by atoms with Gasteiger partial charge in [-0.15, -0.1) is 0 Å². The van der Waals surface area contributed by atoms with Gasteiger partial charge in [0.1, 0.15) is 6.07 Å². The molecule has 1 unspecified atom stereocenters. The second-order valence-electron chi connectivity index (χ2n) is 5.16. The fraction of sp³-hybridized carbons (Fsp3) is 0.429. The molecular formula is C14H17N3O. The monoisotopic (exact) mass is 243 g/mol. The summed E-state index contributed by atoms with van der Waals surface area (Å²) in [5, 5.41) is 12.4. The van der Waals surface area contributed by atoms with E-state index in [0.29, 0.717) is 11.3 Å². The van der Waals surface area contributed by atoms with Crippen molar-refractivity contribution < 1.29 is 4.79 Å². The summed E-state index contributed by atoms with van der Waals surface area (Å²) in [5.41, 5.74) is 0.650. The Morgan fingerprint density at radius 3 is 2.78 bits per heavy atom. The first-order valence-corrected chi connectivity index (χ1v) is 6.05. The molecule has 1 aromatic carbocycles. The van der Waals surface area contributed by atoms with Crippen LogP contribution in [0.2, 0.25) is 0 Å². The summed E-state index contributed by atoms with van der Waals surface area (Å²) in [5.74, 6) is 0.00366. The van der Waals surface area contributed by atoms with Crippen molar-refractivity contribution >= 4 is 11.6 Å². The van der Waals surface area contributed by atoms with Crippen LogP contribution < -0.4 is 10.2 Å². The van der Waals surface area contributed by atoms with E-state index in [4.69, 9.17) is 5.26 Å². The third kappa shape index (κ3) is 1.98. The van der Waals surface area contributed by atoms with Crippen molar-refractivity contribution in [3.63, 3.8) is 0 Å². The maximum absolute atomic E-state index is 12.5. The molecule has 94 valence electrons. The molecule has 1 aromatic rings. The highest BCUT2D eigenvalue weighted by Crippen LogP contribution is 2.27. The third-order valence-electron chi connectivity index (χ3n) is 3.32. The number of para-hydroxylation sites is 1. The number of anilines is 1. The second-order valence-corrected chi connectivity index (χ2v) is 5.16. The first-order valence-electron chi connectivity index (χ1n) is 6.05. The Bertz CT molecular complexity index is 516. The van der Waals surface area contributed by atoms with Gasteiger partial charge in [-0.2, -0.15) is 5.26 Å². The largest absolute Gasteiger partial charge is 0.305 e. The van der Waals surface area contributed by atoms with E-state index >= 15 is 0 Å². The topological polar surface area (TPSA) is 56.1 Å². The average molecular weight is 243 g/mol. The number of amides is 1. The number of carbonyl (C=O) groups is 1. The lowest BCUT2D eigenvalue weighted by Gasteiger charge is -2.42. The van der Waals surface area contributed by atoms with Gasteiger partial charge in [-0.25, -0.2) is 0 Å². The van der Waals surface area contributed by atoms with Crippen LogP contribution >= 0.6 is 0 Å². The average Bonchev–Trinajstić information content (AvgIpc) is 2.36. The summed E-state index contributed by atoms with van der Waals surface area (Å²) in [6.45, 7) is 6.43. The normalized spacial score (nSPS) is 22.7. The minimum Gasteiger partial charge on any atom is -0.305 e. The van der Waals surface area contributed by atoms with E-state index in [2.05, 4.69) is 11.4 Å². The molecule has 0 saturated carbocycles. The molecule has 18 heavy (non-hydrogen) atoms. The van der Waals surface area contributed by atoms with Crippen LogP contribution in [0.3, 0.4) is 0 Å². The van der Waals surface area contributed by atoms with Gasteiger partial charge in [-0.05, 0) is 32.9 Å². The lowest BCUT2D eigenvalue weighted by atomic mass is 9.96. The molecule has 0 spiro atoms. The molecule has 0 radical (unpaired) electrons. The minimum absolute atomic E-state index is 0.00366. The standard InChI is InChI=1S/C14H17N3O/c1-10-9-16-14(2,3)13(18)17(10)12-7-5-4-6-11(12)8-15/h4-7,10,16H,9H2,1-3H3. The van der Waals surface area contributed by atoms with Gasteiger partial charge in [-0.1, -0.05) is 12.1 Å². The van der Waals surface area contributed by atoms with E-state index in [-0.39, 0.29) is 11.9 Å². The maximum atomic E-state index is 12.5. The Morgan fingerprint density at radius 1 is 1.44 bits per heavy atom. The summed E-state index contributed by atoms with van der Waals surface area (Å²) >= 11 is 0. The molecule has 1 heterocycles. The Morgan fingerprint density at radius 2 is 2.11 bits per heavy atom. The number of piperazine rings is 1. The molecule has 0 aromatic heterocycles. The Balaban J connectivity index is 2.48. The van der Waals surface area contributed by atoms with E-state index in [1.165, 1.54) is 0 Å². The highest BCUT2D eigenvalue weighted by molar-refractivity contribution is 6.02. The van der Waals surface area contributed by atoms with Crippen molar-refractivity contribution in [3.05, 3.63) is 29.8 Å². The molecular weight excluding hydrogens is 226 g/mol. The van der Waals surface area contributed by atoms with E-state index < -0.39 is 5.54 Å². The van der Waals surface area contributed by atoms with Crippen molar-refractivity contribution in [2.75, 3.05) is 11.4 Å². The number of hydrogen-bond acceptors (Lipinski definition) is 3. The molecule has 0 bridgehead atoms. The molecule has 2 rings (SSSR count). The first kappa shape index (κ1) is 12.6. The lowest BCUT2D eigenvalue weighted by molar-refractivity contribution is -0.125. The fourth-order valence-corrected chi connectivity index (χ4v) is 2.20. The molecule has 1 N–H and O–H groups in total. The Kier molecular flexibility index (Phi) is 3.10. The summed E-state index contributed by atoms with van der Waals surface area (Å²) in [6, 6.07) is 9.42. The van der Waals surface area contributed by atoms with Gasteiger partial charge in [-0.3, -0.25) is 4.79 Å². The molecule has 1 fully saturated rings. The Hall–Kier alpha value is -1.86. The van der Waals surface area contributed by atoms with Crippen LogP contribution in [0.1, 0.15) is 26.3 Å². The van der Waals surface area contributed by atoms with Crippen molar-refractivity contribution in [3.8, 4) is 6.07 Å². The van der Waals surface area contributed by atoms with Crippen LogP contribution in [0, 0.1) is 11.3 Å². The first-order chi connectivity index (χ1) is 8.47. The van der Waals surface area contributed by atoms with Gasteiger partial charge in [0.2, 0.25) is 5.91 Å².